The molecule has 1 heterocycles. The minimum atomic E-state index is -0.333. The largest absolute Gasteiger partial charge is 0.288 e. The van der Waals surface area contributed by atoms with Crippen LogP contribution < -0.4 is 5.32 Å². The highest BCUT2D eigenvalue weighted by Crippen LogP contribution is 2.22. The van der Waals surface area contributed by atoms with Crippen molar-refractivity contribution in [2.75, 3.05) is 0 Å². The molecule has 0 atom stereocenters. The van der Waals surface area contributed by atoms with Crippen LogP contribution in [0.3, 0.4) is 0 Å². The molecule has 2 aromatic rings. The van der Waals surface area contributed by atoms with Gasteiger partial charge in [0.15, 0.2) is 0 Å². The van der Waals surface area contributed by atoms with Crippen LogP contribution >= 0.6 is 0 Å². The van der Waals surface area contributed by atoms with Gasteiger partial charge >= 0.3 is 0 Å². The predicted octanol–water partition coefficient (Wildman–Crippen LogP) is 3.30. The number of nitrogens with one attached hydrogen (secondary N) is 1. The minimum Gasteiger partial charge on any atom is -0.288 e. The van der Waals surface area contributed by atoms with Crippen molar-refractivity contribution in [3.8, 4) is 0 Å². The van der Waals surface area contributed by atoms with Crippen molar-refractivity contribution in [3.05, 3.63) is 75.2 Å². The lowest BCUT2D eigenvalue weighted by Crippen LogP contribution is -2.20. The van der Waals surface area contributed by atoms with E-state index in [4.69, 9.17) is 5.53 Å². The Hall–Kier alpha value is -3.11. The van der Waals surface area contributed by atoms with Crippen molar-refractivity contribution in [1.82, 2.24) is 5.32 Å². The molecule has 2 amide bonds. The summed E-state index contributed by atoms with van der Waals surface area (Å²) in [4.78, 5) is 26.2. The van der Waals surface area contributed by atoms with E-state index < -0.39 is 0 Å². The maximum absolute atomic E-state index is 11.8. The average molecular weight is 292 g/mol. The minimum absolute atomic E-state index is 0.325. The summed E-state index contributed by atoms with van der Waals surface area (Å²) in [7, 11) is 0. The molecule has 108 valence electrons. The quantitative estimate of drug-likeness (QED) is 0.405. The highest BCUT2D eigenvalue weighted by molar-refractivity contribution is 6.22. The zero-order valence-corrected chi connectivity index (χ0v) is 11.6. The molecule has 1 aliphatic heterocycles. The molecule has 6 nitrogen and oxygen atoms in total. The average Bonchev–Trinajstić information content (AvgIpc) is 2.82. The molecule has 0 aliphatic carbocycles. The number of carbonyl (C=O) groups excluding carboxylic acids is 2. The number of hydrogen-bond donors (Lipinski definition) is 1. The number of azide groups is 1. The monoisotopic (exact) mass is 292 g/mol. The van der Waals surface area contributed by atoms with E-state index in [-0.39, 0.29) is 11.8 Å². The van der Waals surface area contributed by atoms with Crippen LogP contribution in [0.5, 0.6) is 0 Å². The number of benzene rings is 2. The maximum Gasteiger partial charge on any atom is 0.259 e. The first-order valence-corrected chi connectivity index (χ1v) is 6.80. The van der Waals surface area contributed by atoms with Crippen molar-refractivity contribution in [2.45, 2.75) is 12.8 Å². The Bertz CT molecular complexity index is 805. The van der Waals surface area contributed by atoms with Crippen LogP contribution in [0.25, 0.3) is 10.4 Å². The van der Waals surface area contributed by atoms with Gasteiger partial charge in [0, 0.05) is 10.6 Å². The van der Waals surface area contributed by atoms with Crippen LogP contribution in [-0.2, 0) is 12.8 Å². The molecule has 6 heteroatoms. The van der Waals surface area contributed by atoms with E-state index in [0.29, 0.717) is 23.2 Å². The van der Waals surface area contributed by atoms with Gasteiger partial charge in [-0.2, -0.15) is 0 Å². The topological polar surface area (TPSA) is 94.9 Å². The smallest absolute Gasteiger partial charge is 0.259 e. The van der Waals surface area contributed by atoms with Crippen molar-refractivity contribution in [1.29, 1.82) is 0 Å². The molecule has 3 rings (SSSR count). The van der Waals surface area contributed by atoms with Crippen LogP contribution in [0.15, 0.2) is 47.6 Å². The highest BCUT2D eigenvalue weighted by Gasteiger charge is 2.28. The second-order valence-electron chi connectivity index (χ2n) is 4.98. The van der Waals surface area contributed by atoms with Gasteiger partial charge in [0.2, 0.25) is 0 Å². The van der Waals surface area contributed by atoms with Gasteiger partial charge < -0.3 is 0 Å². The van der Waals surface area contributed by atoms with E-state index in [1.165, 1.54) is 0 Å². The molecule has 1 N–H and O–H groups in total. The van der Waals surface area contributed by atoms with E-state index in [9.17, 15) is 9.59 Å². The van der Waals surface area contributed by atoms with Crippen molar-refractivity contribution in [2.24, 2.45) is 5.11 Å². The van der Waals surface area contributed by atoms with Crippen LogP contribution in [-0.4, -0.2) is 11.8 Å². The summed E-state index contributed by atoms with van der Waals surface area (Å²) in [5.41, 5.74) is 11.8. The van der Waals surface area contributed by atoms with E-state index >= 15 is 0 Å². The summed E-state index contributed by atoms with van der Waals surface area (Å²) < 4.78 is 0. The lowest BCUT2D eigenvalue weighted by Gasteiger charge is -2.06. The fraction of sp³-hybridized carbons (Fsp3) is 0.125. The van der Waals surface area contributed by atoms with Gasteiger partial charge in [-0.05, 0) is 35.6 Å². The Labute approximate surface area is 126 Å². The van der Waals surface area contributed by atoms with Gasteiger partial charge in [-0.15, -0.1) is 0 Å². The molecule has 0 spiro atoms. The SMILES string of the molecule is [N-]=[N+]=Nc1ccc(CCc2cccc3c2C(=O)NC3=O)cc1. The molecular formula is C16H12N4O2. The molecular weight excluding hydrogens is 280 g/mol. The number of aryl methyl sites for hydroxylation is 2. The maximum atomic E-state index is 11.8. The number of imide groups is 1. The van der Waals surface area contributed by atoms with Crippen LogP contribution in [0.2, 0.25) is 0 Å². The molecule has 1 aliphatic rings. The first-order valence-electron chi connectivity index (χ1n) is 6.80. The van der Waals surface area contributed by atoms with E-state index in [2.05, 4.69) is 15.3 Å². The molecule has 0 aromatic heterocycles. The number of hydrogen-bond acceptors (Lipinski definition) is 3. The normalized spacial score (nSPS) is 12.5. The molecule has 0 fully saturated rings. The third-order valence-electron chi connectivity index (χ3n) is 3.63. The summed E-state index contributed by atoms with van der Waals surface area (Å²) in [6.07, 6.45) is 1.39. The van der Waals surface area contributed by atoms with Crippen molar-refractivity contribution < 1.29 is 9.59 Å². The lowest BCUT2D eigenvalue weighted by molar-refractivity contribution is 0.0879. The first-order chi connectivity index (χ1) is 10.7. The molecule has 2 aromatic carbocycles. The Morgan fingerprint density at radius 1 is 1.00 bits per heavy atom. The standard InChI is InChI=1S/C16H12N4O2/c17-20-19-12-8-5-10(6-9-12)4-7-11-2-1-3-13-14(11)16(22)18-15(13)21/h1-3,5-6,8-9H,4,7H2,(H,18,21,22). The second-order valence-corrected chi connectivity index (χ2v) is 4.98. The van der Waals surface area contributed by atoms with E-state index in [1.807, 2.05) is 18.2 Å². The number of fused-ring (bicyclic) bond motifs is 1. The van der Waals surface area contributed by atoms with Gasteiger partial charge in [0.25, 0.3) is 11.8 Å². The van der Waals surface area contributed by atoms with E-state index in [0.717, 1.165) is 17.5 Å². The van der Waals surface area contributed by atoms with Gasteiger partial charge in [-0.1, -0.05) is 41.5 Å². The Morgan fingerprint density at radius 2 is 1.77 bits per heavy atom. The number of amides is 2. The molecule has 0 bridgehead atoms. The zero-order valence-electron chi connectivity index (χ0n) is 11.6. The fourth-order valence-electron chi connectivity index (χ4n) is 2.56. The van der Waals surface area contributed by atoms with Gasteiger partial charge in [0.05, 0.1) is 11.1 Å². The molecule has 22 heavy (non-hydrogen) atoms. The van der Waals surface area contributed by atoms with Gasteiger partial charge in [0.1, 0.15) is 0 Å². The predicted molar refractivity (Wildman–Crippen MR) is 80.9 cm³/mol. The molecule has 0 saturated carbocycles. The zero-order chi connectivity index (χ0) is 15.5. The molecule has 0 saturated heterocycles. The third kappa shape index (κ3) is 2.55. The van der Waals surface area contributed by atoms with Crippen LogP contribution in [0.1, 0.15) is 31.8 Å². The molecule has 0 radical (unpaired) electrons. The summed E-state index contributed by atoms with van der Waals surface area (Å²) >= 11 is 0. The van der Waals surface area contributed by atoms with E-state index in [1.54, 1.807) is 24.3 Å². The lowest BCUT2D eigenvalue weighted by atomic mass is 9.97. The van der Waals surface area contributed by atoms with Gasteiger partial charge in [-0.3, -0.25) is 14.9 Å². The molecule has 0 unspecified atom stereocenters. The fourth-order valence-corrected chi connectivity index (χ4v) is 2.56. The third-order valence-corrected chi connectivity index (χ3v) is 3.63. The Morgan fingerprint density at radius 3 is 2.50 bits per heavy atom. The number of carbonyl (C=O) groups is 2. The summed E-state index contributed by atoms with van der Waals surface area (Å²) in [6.45, 7) is 0. The Kier molecular flexibility index (Phi) is 3.60. The Balaban J connectivity index is 1.79. The van der Waals surface area contributed by atoms with Gasteiger partial charge in [-0.25, -0.2) is 0 Å². The summed E-state index contributed by atoms with van der Waals surface area (Å²) in [6, 6.07) is 12.6. The number of rotatable bonds is 4. The van der Waals surface area contributed by atoms with Crippen molar-refractivity contribution in [3.63, 3.8) is 0 Å². The van der Waals surface area contributed by atoms with Crippen molar-refractivity contribution >= 4 is 17.5 Å². The highest BCUT2D eigenvalue weighted by atomic mass is 16.2. The first kappa shape index (κ1) is 13.9. The summed E-state index contributed by atoms with van der Waals surface area (Å²) in [5, 5.41) is 5.84. The number of nitrogens with zero attached hydrogens (tertiary/aromatic N) is 3. The summed E-state index contributed by atoms with van der Waals surface area (Å²) in [5.74, 6) is -0.658. The van der Waals surface area contributed by atoms with Crippen LogP contribution in [0.4, 0.5) is 5.69 Å². The van der Waals surface area contributed by atoms with Crippen LogP contribution in [0, 0.1) is 0 Å². The second kappa shape index (κ2) is 5.71.